The van der Waals surface area contributed by atoms with Crippen LogP contribution in [0.2, 0.25) is 0 Å². The van der Waals surface area contributed by atoms with Gasteiger partial charge in [0.05, 0.1) is 6.26 Å². The van der Waals surface area contributed by atoms with Crippen LogP contribution in [-0.2, 0) is 4.79 Å². The van der Waals surface area contributed by atoms with Crippen LogP contribution in [0.5, 0.6) is 0 Å². The molecule has 6 nitrogen and oxygen atoms in total. The molecule has 2 aliphatic heterocycles. The van der Waals surface area contributed by atoms with Crippen molar-refractivity contribution in [2.75, 3.05) is 19.6 Å². The first-order valence-electron chi connectivity index (χ1n) is 8.83. The summed E-state index contributed by atoms with van der Waals surface area (Å²) < 4.78 is 5.35. The number of carbonyl (C=O) groups is 2. The number of piperidine rings is 1. The lowest BCUT2D eigenvalue weighted by Crippen LogP contribution is -2.52. The van der Waals surface area contributed by atoms with Crippen molar-refractivity contribution >= 4 is 23.2 Å². The van der Waals surface area contributed by atoms with Gasteiger partial charge in [-0.25, -0.2) is 4.98 Å². The molecule has 132 valence electrons. The van der Waals surface area contributed by atoms with Gasteiger partial charge >= 0.3 is 0 Å². The Morgan fingerprint density at radius 3 is 2.72 bits per heavy atom. The maximum Gasteiger partial charge on any atom is 0.274 e. The molecule has 0 aliphatic carbocycles. The summed E-state index contributed by atoms with van der Waals surface area (Å²) in [5.74, 6) is 0.616. The van der Waals surface area contributed by atoms with Gasteiger partial charge in [-0.1, -0.05) is 0 Å². The van der Waals surface area contributed by atoms with E-state index in [4.69, 9.17) is 4.42 Å². The van der Waals surface area contributed by atoms with Crippen molar-refractivity contribution in [1.29, 1.82) is 0 Å². The van der Waals surface area contributed by atoms with E-state index in [2.05, 4.69) is 4.98 Å². The maximum absolute atomic E-state index is 13.0. The summed E-state index contributed by atoms with van der Waals surface area (Å²) in [6, 6.07) is 3.29. The third-order valence-electron chi connectivity index (χ3n) is 4.92. The Morgan fingerprint density at radius 2 is 1.96 bits per heavy atom. The van der Waals surface area contributed by atoms with Gasteiger partial charge in [0.2, 0.25) is 5.91 Å². The fourth-order valence-electron chi connectivity index (χ4n) is 3.61. The summed E-state index contributed by atoms with van der Waals surface area (Å²) in [5, 5.41) is 2.44. The number of hydrogen-bond donors (Lipinski definition) is 0. The molecule has 2 aromatic heterocycles. The average Bonchev–Trinajstić information content (AvgIpc) is 3.42. The molecule has 2 amide bonds. The first-order chi connectivity index (χ1) is 12.2. The van der Waals surface area contributed by atoms with Gasteiger partial charge in [0, 0.05) is 25.0 Å². The van der Waals surface area contributed by atoms with E-state index < -0.39 is 0 Å². The van der Waals surface area contributed by atoms with Crippen LogP contribution in [0.15, 0.2) is 28.2 Å². The van der Waals surface area contributed by atoms with E-state index in [1.54, 1.807) is 22.6 Å². The van der Waals surface area contributed by atoms with Crippen LogP contribution in [0.25, 0.3) is 10.8 Å². The fourth-order valence-corrected chi connectivity index (χ4v) is 4.37. The van der Waals surface area contributed by atoms with Gasteiger partial charge in [0.1, 0.15) is 11.7 Å². The van der Waals surface area contributed by atoms with Crippen LogP contribution < -0.4 is 0 Å². The van der Waals surface area contributed by atoms with Crippen molar-refractivity contribution in [2.45, 2.75) is 38.1 Å². The zero-order valence-corrected chi connectivity index (χ0v) is 14.8. The smallest absolute Gasteiger partial charge is 0.274 e. The Morgan fingerprint density at radius 1 is 1.16 bits per heavy atom. The highest BCUT2D eigenvalue weighted by molar-refractivity contribution is 7.13. The Kier molecular flexibility index (Phi) is 4.57. The number of furan rings is 1. The van der Waals surface area contributed by atoms with Gasteiger partial charge in [-0.05, 0) is 44.2 Å². The number of rotatable bonds is 3. The number of carbonyl (C=O) groups excluding carboxylic acids is 2. The number of likely N-dealkylation sites (tertiary alicyclic amines) is 2. The molecule has 0 N–H and O–H groups in total. The van der Waals surface area contributed by atoms with E-state index in [0.717, 1.165) is 45.2 Å². The Balaban J connectivity index is 1.53. The Hall–Kier alpha value is -2.15. The highest BCUT2D eigenvalue weighted by Crippen LogP contribution is 2.27. The third kappa shape index (κ3) is 3.20. The van der Waals surface area contributed by atoms with Crippen LogP contribution in [0, 0.1) is 0 Å². The third-order valence-corrected chi connectivity index (χ3v) is 5.78. The minimum absolute atomic E-state index is 0.104. The predicted octanol–water partition coefficient (Wildman–Crippen LogP) is 3.02. The van der Waals surface area contributed by atoms with Gasteiger partial charge in [-0.3, -0.25) is 9.59 Å². The van der Waals surface area contributed by atoms with Gasteiger partial charge < -0.3 is 14.2 Å². The Bertz CT molecular complexity index is 749. The molecule has 0 aromatic carbocycles. The molecule has 0 bridgehead atoms. The molecule has 1 unspecified atom stereocenters. The monoisotopic (exact) mass is 359 g/mol. The van der Waals surface area contributed by atoms with E-state index >= 15 is 0 Å². The summed E-state index contributed by atoms with van der Waals surface area (Å²) in [7, 11) is 0. The van der Waals surface area contributed by atoms with Crippen molar-refractivity contribution in [1.82, 2.24) is 14.8 Å². The van der Waals surface area contributed by atoms with Crippen LogP contribution in [0.3, 0.4) is 0 Å². The van der Waals surface area contributed by atoms with Crippen molar-refractivity contribution in [3.8, 4) is 10.8 Å². The number of aromatic nitrogens is 1. The molecule has 2 saturated heterocycles. The van der Waals surface area contributed by atoms with Crippen LogP contribution in [0.4, 0.5) is 0 Å². The summed E-state index contributed by atoms with van der Waals surface area (Å²) in [5.41, 5.74) is 0.400. The summed E-state index contributed by atoms with van der Waals surface area (Å²) in [6.07, 6.45) is 6.38. The number of nitrogens with zero attached hydrogens (tertiary/aromatic N) is 3. The molecular weight excluding hydrogens is 338 g/mol. The molecule has 25 heavy (non-hydrogen) atoms. The molecular formula is C18H21N3O3S. The standard InChI is InChI=1S/C18H21N3O3S/c22-17(13-12-25-16(19-13)15-7-5-11-24-15)21-10-2-1-6-14(21)18(23)20-8-3-4-9-20/h5,7,11-12,14H,1-4,6,8-10H2. The largest absolute Gasteiger partial charge is 0.462 e. The lowest BCUT2D eigenvalue weighted by atomic mass is 10.0. The quantitative estimate of drug-likeness (QED) is 0.845. The number of amides is 2. The fraction of sp³-hybridized carbons (Fsp3) is 0.500. The van der Waals surface area contributed by atoms with E-state index in [9.17, 15) is 9.59 Å². The normalized spacial score (nSPS) is 20.9. The lowest BCUT2D eigenvalue weighted by molar-refractivity contribution is -0.136. The second-order valence-electron chi connectivity index (χ2n) is 6.56. The van der Waals surface area contributed by atoms with E-state index in [0.29, 0.717) is 23.0 Å². The van der Waals surface area contributed by atoms with Crippen molar-refractivity contribution in [3.05, 3.63) is 29.5 Å². The van der Waals surface area contributed by atoms with E-state index in [-0.39, 0.29) is 17.9 Å². The van der Waals surface area contributed by atoms with Crippen LogP contribution >= 0.6 is 11.3 Å². The summed E-state index contributed by atoms with van der Waals surface area (Å²) in [4.78, 5) is 33.9. The van der Waals surface area contributed by atoms with Crippen LogP contribution in [-0.4, -0.2) is 52.3 Å². The van der Waals surface area contributed by atoms with E-state index in [1.807, 2.05) is 11.0 Å². The molecule has 4 heterocycles. The topological polar surface area (TPSA) is 66.7 Å². The first kappa shape index (κ1) is 16.3. The van der Waals surface area contributed by atoms with E-state index in [1.165, 1.54) is 11.3 Å². The zero-order valence-electron chi connectivity index (χ0n) is 14.0. The minimum atomic E-state index is -0.340. The van der Waals surface area contributed by atoms with Crippen LogP contribution in [0.1, 0.15) is 42.6 Å². The highest BCUT2D eigenvalue weighted by atomic mass is 32.1. The van der Waals surface area contributed by atoms with Crippen molar-refractivity contribution < 1.29 is 14.0 Å². The zero-order chi connectivity index (χ0) is 17.2. The first-order valence-corrected chi connectivity index (χ1v) is 9.71. The second-order valence-corrected chi connectivity index (χ2v) is 7.42. The number of thiazole rings is 1. The van der Waals surface area contributed by atoms with Crippen molar-refractivity contribution in [2.24, 2.45) is 0 Å². The Labute approximate surface area is 150 Å². The molecule has 0 radical (unpaired) electrons. The SMILES string of the molecule is O=C(C1CCCCN1C(=O)c1csc(-c2ccco2)n1)N1CCCC1. The minimum Gasteiger partial charge on any atom is -0.462 e. The second kappa shape index (κ2) is 7.00. The molecule has 4 rings (SSSR count). The molecule has 1 atom stereocenters. The van der Waals surface area contributed by atoms with Gasteiger partial charge in [-0.15, -0.1) is 11.3 Å². The predicted molar refractivity (Wildman–Crippen MR) is 94.3 cm³/mol. The molecule has 7 heteroatoms. The summed E-state index contributed by atoms with van der Waals surface area (Å²) in [6.45, 7) is 2.25. The lowest BCUT2D eigenvalue weighted by Gasteiger charge is -2.36. The average molecular weight is 359 g/mol. The summed E-state index contributed by atoms with van der Waals surface area (Å²) >= 11 is 1.39. The number of hydrogen-bond acceptors (Lipinski definition) is 5. The maximum atomic E-state index is 13.0. The molecule has 0 saturated carbocycles. The van der Waals surface area contributed by atoms with Gasteiger partial charge in [0.15, 0.2) is 10.8 Å². The molecule has 2 aromatic rings. The highest BCUT2D eigenvalue weighted by Gasteiger charge is 2.36. The van der Waals surface area contributed by atoms with Crippen molar-refractivity contribution in [3.63, 3.8) is 0 Å². The molecule has 2 aliphatic rings. The molecule has 0 spiro atoms. The van der Waals surface area contributed by atoms with Gasteiger partial charge in [-0.2, -0.15) is 0 Å². The molecule has 2 fully saturated rings. The van der Waals surface area contributed by atoms with Gasteiger partial charge in [0.25, 0.3) is 5.91 Å².